The first kappa shape index (κ1) is 18.7. The van der Waals surface area contributed by atoms with Crippen LogP contribution in [0, 0.1) is 18.2 Å². The van der Waals surface area contributed by atoms with E-state index in [1.807, 2.05) is 13.0 Å². The molecule has 0 spiro atoms. The van der Waals surface area contributed by atoms with Gasteiger partial charge in [-0.05, 0) is 61.3 Å². The maximum atomic E-state index is 13.1. The molecule has 4 nitrogen and oxygen atoms in total. The Hall–Kier alpha value is -1.62. The van der Waals surface area contributed by atoms with Gasteiger partial charge in [0.2, 0.25) is 0 Å². The minimum absolute atomic E-state index is 0.177. The van der Waals surface area contributed by atoms with E-state index < -0.39 is 0 Å². The lowest BCUT2D eigenvalue weighted by Crippen LogP contribution is -2.47. The molecule has 1 aliphatic rings. The van der Waals surface area contributed by atoms with Crippen molar-refractivity contribution in [2.45, 2.75) is 39.0 Å². The van der Waals surface area contributed by atoms with Gasteiger partial charge in [0.1, 0.15) is 5.82 Å². The van der Waals surface area contributed by atoms with Gasteiger partial charge in [-0.2, -0.15) is 0 Å². The van der Waals surface area contributed by atoms with Crippen LogP contribution in [0.3, 0.4) is 0 Å². The van der Waals surface area contributed by atoms with Gasteiger partial charge in [0, 0.05) is 33.9 Å². The Balaban J connectivity index is 1.76. The van der Waals surface area contributed by atoms with Crippen LogP contribution < -0.4 is 10.6 Å². The van der Waals surface area contributed by atoms with Crippen molar-refractivity contribution in [3.63, 3.8) is 0 Å². The minimum Gasteiger partial charge on any atom is -0.385 e. The van der Waals surface area contributed by atoms with Crippen molar-refractivity contribution in [3.8, 4) is 0 Å². The molecule has 24 heavy (non-hydrogen) atoms. The number of methoxy groups -OCH3 is 1. The molecule has 1 saturated carbocycles. The fourth-order valence-electron chi connectivity index (χ4n) is 3.26. The van der Waals surface area contributed by atoms with Gasteiger partial charge in [0.25, 0.3) is 0 Å². The topological polar surface area (TPSA) is 45.7 Å². The van der Waals surface area contributed by atoms with E-state index in [4.69, 9.17) is 4.74 Å². The van der Waals surface area contributed by atoms with Gasteiger partial charge in [0.15, 0.2) is 5.96 Å². The van der Waals surface area contributed by atoms with E-state index in [0.29, 0.717) is 5.41 Å². The minimum atomic E-state index is -0.177. The number of rotatable bonds is 8. The number of benzene rings is 1. The monoisotopic (exact) mass is 335 g/mol. The summed E-state index contributed by atoms with van der Waals surface area (Å²) in [7, 11) is 3.55. The van der Waals surface area contributed by atoms with Gasteiger partial charge in [-0.25, -0.2) is 4.39 Å². The second-order valence-electron chi connectivity index (χ2n) is 6.77. The van der Waals surface area contributed by atoms with E-state index in [1.54, 1.807) is 20.2 Å². The van der Waals surface area contributed by atoms with Crippen molar-refractivity contribution in [2.24, 2.45) is 10.4 Å². The first-order chi connectivity index (χ1) is 11.6. The molecule has 0 saturated heterocycles. The van der Waals surface area contributed by atoms with Crippen LogP contribution in [-0.4, -0.2) is 39.8 Å². The molecular formula is C19H30FN3O. The Kier molecular flexibility index (Phi) is 7.03. The number of nitrogens with zero attached hydrogens (tertiary/aromatic N) is 1. The summed E-state index contributed by atoms with van der Waals surface area (Å²) >= 11 is 0. The number of hydrogen-bond acceptors (Lipinski definition) is 2. The third-order valence-electron chi connectivity index (χ3n) is 5.10. The summed E-state index contributed by atoms with van der Waals surface area (Å²) in [6.07, 6.45) is 5.77. The smallest absolute Gasteiger partial charge is 0.191 e. The van der Waals surface area contributed by atoms with E-state index in [9.17, 15) is 4.39 Å². The van der Waals surface area contributed by atoms with Gasteiger partial charge >= 0.3 is 0 Å². The summed E-state index contributed by atoms with van der Waals surface area (Å²) in [6.45, 7) is 4.47. The van der Waals surface area contributed by atoms with Crippen molar-refractivity contribution >= 4 is 5.96 Å². The molecule has 2 N–H and O–H groups in total. The van der Waals surface area contributed by atoms with Gasteiger partial charge < -0.3 is 15.4 Å². The highest BCUT2D eigenvalue weighted by Gasteiger charge is 2.36. The number of nitrogens with one attached hydrogen (secondary N) is 2. The zero-order valence-corrected chi connectivity index (χ0v) is 15.1. The van der Waals surface area contributed by atoms with Crippen LogP contribution in [0.1, 0.15) is 36.8 Å². The lowest BCUT2D eigenvalue weighted by Gasteiger charge is -2.42. The van der Waals surface area contributed by atoms with Gasteiger partial charge in [-0.15, -0.1) is 0 Å². The molecule has 1 aromatic rings. The van der Waals surface area contributed by atoms with Crippen LogP contribution in [0.2, 0.25) is 0 Å². The van der Waals surface area contributed by atoms with Gasteiger partial charge in [-0.3, -0.25) is 4.99 Å². The lowest BCUT2D eigenvalue weighted by molar-refractivity contribution is 0.0732. The first-order valence-electron chi connectivity index (χ1n) is 8.77. The molecule has 0 aliphatic heterocycles. The maximum Gasteiger partial charge on any atom is 0.191 e. The Morgan fingerprint density at radius 1 is 1.33 bits per heavy atom. The largest absolute Gasteiger partial charge is 0.385 e. The van der Waals surface area contributed by atoms with E-state index in [2.05, 4.69) is 15.6 Å². The standard InChI is InChI=1S/C19H30FN3O/c1-15-13-17(20)6-5-16(15)7-11-22-18(21-2)23-14-19(8-4-9-19)10-12-24-3/h5-6,13H,4,7-12,14H2,1-3H3,(H2,21,22,23). The third kappa shape index (κ3) is 5.20. The molecule has 1 fully saturated rings. The van der Waals surface area contributed by atoms with Crippen LogP contribution >= 0.6 is 0 Å². The van der Waals surface area contributed by atoms with E-state index >= 15 is 0 Å². The number of aryl methyl sites for hydroxylation is 1. The Bertz CT molecular complexity index is 556. The molecule has 2 rings (SSSR count). The van der Waals surface area contributed by atoms with Crippen LogP contribution in [0.4, 0.5) is 4.39 Å². The molecule has 0 unspecified atom stereocenters. The molecule has 0 radical (unpaired) electrons. The second-order valence-corrected chi connectivity index (χ2v) is 6.77. The van der Waals surface area contributed by atoms with Crippen molar-refractivity contribution in [1.29, 1.82) is 0 Å². The van der Waals surface area contributed by atoms with E-state index in [1.165, 1.54) is 25.3 Å². The molecule has 5 heteroatoms. The molecule has 0 bridgehead atoms. The molecule has 0 amide bonds. The average Bonchev–Trinajstić information content (AvgIpc) is 2.53. The fourth-order valence-corrected chi connectivity index (χ4v) is 3.26. The van der Waals surface area contributed by atoms with Crippen LogP contribution in [0.5, 0.6) is 0 Å². The average molecular weight is 335 g/mol. The summed E-state index contributed by atoms with van der Waals surface area (Å²) < 4.78 is 18.4. The zero-order valence-electron chi connectivity index (χ0n) is 15.1. The van der Waals surface area contributed by atoms with Crippen LogP contribution in [0.15, 0.2) is 23.2 Å². The molecule has 1 aromatic carbocycles. The molecule has 0 aromatic heterocycles. The van der Waals surface area contributed by atoms with Crippen LogP contribution in [0.25, 0.3) is 0 Å². The van der Waals surface area contributed by atoms with E-state index in [0.717, 1.165) is 49.6 Å². The molecular weight excluding hydrogens is 305 g/mol. The maximum absolute atomic E-state index is 13.1. The highest BCUT2D eigenvalue weighted by Crippen LogP contribution is 2.43. The number of hydrogen-bond donors (Lipinski definition) is 2. The van der Waals surface area contributed by atoms with Gasteiger partial charge in [0.05, 0.1) is 0 Å². The third-order valence-corrected chi connectivity index (χ3v) is 5.10. The lowest BCUT2D eigenvalue weighted by atomic mass is 9.67. The Morgan fingerprint density at radius 2 is 2.12 bits per heavy atom. The summed E-state index contributed by atoms with van der Waals surface area (Å²) in [4.78, 5) is 4.30. The van der Waals surface area contributed by atoms with Gasteiger partial charge in [-0.1, -0.05) is 12.5 Å². The van der Waals surface area contributed by atoms with Crippen molar-refractivity contribution in [2.75, 3.05) is 33.9 Å². The number of guanidine groups is 1. The number of ether oxygens (including phenoxy) is 1. The SMILES string of the molecule is CN=C(NCCc1ccc(F)cc1C)NCC1(CCOC)CCC1. The van der Waals surface area contributed by atoms with Crippen molar-refractivity contribution in [3.05, 3.63) is 35.1 Å². The Labute approximate surface area is 144 Å². The molecule has 0 heterocycles. The molecule has 1 aliphatic carbocycles. The van der Waals surface area contributed by atoms with E-state index in [-0.39, 0.29) is 5.82 Å². The van der Waals surface area contributed by atoms with Crippen molar-refractivity contribution in [1.82, 2.24) is 10.6 Å². The predicted octanol–water partition coefficient (Wildman–Crippen LogP) is 3.05. The zero-order chi connectivity index (χ0) is 17.4. The summed E-state index contributed by atoms with van der Waals surface area (Å²) in [5.74, 6) is 0.655. The quantitative estimate of drug-likeness (QED) is 0.567. The first-order valence-corrected chi connectivity index (χ1v) is 8.77. The summed E-state index contributed by atoms with van der Waals surface area (Å²) in [5, 5.41) is 6.80. The Morgan fingerprint density at radius 3 is 2.71 bits per heavy atom. The fraction of sp³-hybridized carbons (Fsp3) is 0.632. The normalized spacial score (nSPS) is 16.6. The summed E-state index contributed by atoms with van der Waals surface area (Å²) in [6, 6.07) is 4.96. The second kappa shape index (κ2) is 9.02. The highest BCUT2D eigenvalue weighted by atomic mass is 19.1. The molecule has 0 atom stereocenters. The number of aliphatic imine (C=N–C) groups is 1. The van der Waals surface area contributed by atoms with Crippen LogP contribution in [-0.2, 0) is 11.2 Å². The highest BCUT2D eigenvalue weighted by molar-refractivity contribution is 5.79. The number of halogens is 1. The molecule has 134 valence electrons. The predicted molar refractivity (Wildman–Crippen MR) is 97.0 cm³/mol. The van der Waals surface area contributed by atoms with Crippen molar-refractivity contribution < 1.29 is 9.13 Å². The summed E-state index contributed by atoms with van der Waals surface area (Å²) in [5.41, 5.74) is 2.52.